The molecule has 1 aliphatic rings. The summed E-state index contributed by atoms with van der Waals surface area (Å²) >= 11 is 0. The van der Waals surface area contributed by atoms with Crippen molar-refractivity contribution >= 4 is 16.3 Å². The van der Waals surface area contributed by atoms with Crippen molar-refractivity contribution in [2.45, 2.75) is 25.3 Å². The van der Waals surface area contributed by atoms with Crippen molar-refractivity contribution in [3.05, 3.63) is 0 Å². The Hall–Kier alpha value is -0.860. The van der Waals surface area contributed by atoms with E-state index in [2.05, 4.69) is 9.46 Å². The van der Waals surface area contributed by atoms with Crippen molar-refractivity contribution in [2.24, 2.45) is 5.73 Å². The van der Waals surface area contributed by atoms with Crippen LogP contribution in [0.15, 0.2) is 0 Å². The Kier molecular flexibility index (Phi) is 3.53. The molecule has 0 heterocycles. The number of ether oxygens (including phenoxy) is 1. The monoisotopic (exact) mass is 237 g/mol. The maximum Gasteiger partial charge on any atom is 0.421 e. The molecule has 0 aromatic rings. The van der Waals surface area contributed by atoms with Crippen molar-refractivity contribution in [1.29, 1.82) is 0 Å². The zero-order chi connectivity index (χ0) is 11.5. The van der Waals surface area contributed by atoms with Gasteiger partial charge < -0.3 is 10.5 Å². The van der Waals surface area contributed by atoms with Crippen molar-refractivity contribution in [3.8, 4) is 0 Å². The fraction of sp³-hybridized carbons (Fsp3) is 0.857. The van der Waals surface area contributed by atoms with Crippen LogP contribution >= 0.6 is 0 Å². The Morgan fingerprint density at radius 2 is 2.13 bits per heavy atom. The highest BCUT2D eigenvalue weighted by atomic mass is 32.2. The molecule has 0 bridgehead atoms. The van der Waals surface area contributed by atoms with Gasteiger partial charge in [-0.25, -0.2) is 9.52 Å². The van der Waals surface area contributed by atoms with Crippen LogP contribution in [-0.4, -0.2) is 33.2 Å². The Labute approximate surface area is 88.5 Å². The highest BCUT2D eigenvalue weighted by Gasteiger charge is 2.44. The van der Waals surface area contributed by atoms with E-state index >= 15 is 0 Å². The molecule has 0 atom stereocenters. The summed E-state index contributed by atoms with van der Waals surface area (Å²) in [7, 11) is -3.86. The molecule has 15 heavy (non-hydrogen) atoms. The van der Waals surface area contributed by atoms with Gasteiger partial charge in [0.15, 0.2) is 0 Å². The molecule has 1 fully saturated rings. The zero-order valence-electron chi connectivity index (χ0n) is 8.45. The Balaban J connectivity index is 2.49. The molecule has 0 radical (unpaired) electrons. The van der Waals surface area contributed by atoms with Gasteiger partial charge in [-0.1, -0.05) is 0 Å². The molecule has 4 N–H and O–H groups in total. The minimum absolute atomic E-state index is 0.114. The van der Waals surface area contributed by atoms with Gasteiger partial charge in [0, 0.05) is 12.1 Å². The smallest absolute Gasteiger partial charge is 0.421 e. The fourth-order valence-corrected chi connectivity index (χ4v) is 2.27. The van der Waals surface area contributed by atoms with E-state index in [9.17, 15) is 13.2 Å². The Morgan fingerprint density at radius 1 is 1.53 bits per heavy atom. The first-order valence-corrected chi connectivity index (χ1v) is 6.10. The molecule has 1 amide bonds. The zero-order valence-corrected chi connectivity index (χ0v) is 9.26. The average Bonchev–Trinajstić information content (AvgIpc) is 2.83. The minimum atomic E-state index is -3.86. The molecule has 8 heteroatoms. The molecule has 0 saturated heterocycles. The molecule has 7 nitrogen and oxygen atoms in total. The van der Waals surface area contributed by atoms with E-state index in [1.165, 1.54) is 0 Å². The van der Waals surface area contributed by atoms with Gasteiger partial charge in [-0.15, -0.1) is 0 Å². The summed E-state index contributed by atoms with van der Waals surface area (Å²) in [6.45, 7) is 1.92. The van der Waals surface area contributed by atoms with Crippen molar-refractivity contribution < 1.29 is 17.9 Å². The molecular formula is C7H15N3O4S. The molecule has 0 aromatic heterocycles. The van der Waals surface area contributed by atoms with Gasteiger partial charge >= 0.3 is 16.3 Å². The summed E-state index contributed by atoms with van der Waals surface area (Å²) in [6.07, 6.45) is 0.387. The maximum atomic E-state index is 11.4. The number of rotatable bonds is 5. The topological polar surface area (TPSA) is 111 Å². The summed E-state index contributed by atoms with van der Waals surface area (Å²) in [6, 6.07) is 0. The standard InChI is InChI=1S/C7H15N3O4S/c1-2-14-6(11)9-15(12,13)10-7(5-8)3-4-7/h10H,2-5,8H2,1H3,(H,9,11). The van der Waals surface area contributed by atoms with E-state index in [4.69, 9.17) is 5.73 Å². The SMILES string of the molecule is CCOC(=O)NS(=O)(=O)NC1(CN)CC1. The van der Waals surface area contributed by atoms with Crippen molar-refractivity contribution in [1.82, 2.24) is 9.44 Å². The highest BCUT2D eigenvalue weighted by Crippen LogP contribution is 2.34. The summed E-state index contributed by atoms with van der Waals surface area (Å²) < 4.78 is 31.2. The fourth-order valence-electron chi connectivity index (χ4n) is 1.08. The number of amides is 1. The number of carbonyl (C=O) groups excluding carboxylic acids is 1. The lowest BCUT2D eigenvalue weighted by atomic mass is 10.3. The van der Waals surface area contributed by atoms with Gasteiger partial charge in [-0.05, 0) is 19.8 Å². The molecule has 0 aliphatic heterocycles. The minimum Gasteiger partial charge on any atom is -0.449 e. The maximum absolute atomic E-state index is 11.4. The van der Waals surface area contributed by atoms with Crippen molar-refractivity contribution in [2.75, 3.05) is 13.2 Å². The van der Waals surface area contributed by atoms with E-state index in [1.54, 1.807) is 11.6 Å². The van der Waals surface area contributed by atoms with Crippen LogP contribution in [0.3, 0.4) is 0 Å². The van der Waals surface area contributed by atoms with Crippen LogP contribution in [0.4, 0.5) is 4.79 Å². The number of hydrogen-bond acceptors (Lipinski definition) is 5. The largest absolute Gasteiger partial charge is 0.449 e. The lowest BCUT2D eigenvalue weighted by Gasteiger charge is -2.15. The quantitative estimate of drug-likeness (QED) is 0.571. The van der Waals surface area contributed by atoms with Crippen LogP contribution in [0.2, 0.25) is 0 Å². The molecule has 1 aliphatic carbocycles. The summed E-state index contributed by atoms with van der Waals surface area (Å²) in [5.41, 5.74) is 4.82. The van der Waals surface area contributed by atoms with Crippen LogP contribution in [0.25, 0.3) is 0 Å². The van der Waals surface area contributed by atoms with Gasteiger partial charge in [0.1, 0.15) is 0 Å². The summed E-state index contributed by atoms with van der Waals surface area (Å²) in [5.74, 6) is 0. The normalized spacial score (nSPS) is 18.3. The highest BCUT2D eigenvalue weighted by molar-refractivity contribution is 7.88. The molecule has 88 valence electrons. The molecule has 0 spiro atoms. The molecule has 0 aromatic carbocycles. The van der Waals surface area contributed by atoms with E-state index in [0.717, 1.165) is 0 Å². The molecule has 1 rings (SSSR count). The van der Waals surface area contributed by atoms with E-state index < -0.39 is 21.8 Å². The number of nitrogens with two attached hydrogens (primary N) is 1. The van der Waals surface area contributed by atoms with Crippen LogP contribution in [0.5, 0.6) is 0 Å². The lowest BCUT2D eigenvalue weighted by molar-refractivity contribution is 0.158. The first-order chi connectivity index (χ1) is 6.93. The van der Waals surface area contributed by atoms with Crippen molar-refractivity contribution in [3.63, 3.8) is 0 Å². The summed E-state index contributed by atoms with van der Waals surface area (Å²) in [5, 5.41) is 0. The third-order valence-electron chi connectivity index (χ3n) is 2.09. The third kappa shape index (κ3) is 3.65. The lowest BCUT2D eigenvalue weighted by Crippen LogP contribution is -2.49. The van der Waals surface area contributed by atoms with Gasteiger partial charge in [-0.3, -0.25) is 0 Å². The first-order valence-electron chi connectivity index (χ1n) is 4.61. The van der Waals surface area contributed by atoms with Crippen LogP contribution in [0.1, 0.15) is 19.8 Å². The van der Waals surface area contributed by atoms with Gasteiger partial charge in [0.2, 0.25) is 0 Å². The van der Waals surface area contributed by atoms with E-state index in [-0.39, 0.29) is 13.2 Å². The average molecular weight is 237 g/mol. The Morgan fingerprint density at radius 3 is 2.53 bits per heavy atom. The second kappa shape index (κ2) is 4.33. The van der Waals surface area contributed by atoms with Crippen LogP contribution in [-0.2, 0) is 14.9 Å². The van der Waals surface area contributed by atoms with Gasteiger partial charge in [-0.2, -0.15) is 13.1 Å². The second-order valence-corrected chi connectivity index (χ2v) is 4.83. The predicted molar refractivity (Wildman–Crippen MR) is 53.2 cm³/mol. The summed E-state index contributed by atoms with van der Waals surface area (Å²) in [4.78, 5) is 10.9. The molecular weight excluding hydrogens is 222 g/mol. The van der Waals surface area contributed by atoms with Crippen LogP contribution in [0, 0.1) is 0 Å². The van der Waals surface area contributed by atoms with Gasteiger partial charge in [0.25, 0.3) is 0 Å². The number of nitrogens with one attached hydrogen (secondary N) is 2. The predicted octanol–water partition coefficient (Wildman–Crippen LogP) is -0.942. The number of hydrogen-bond donors (Lipinski definition) is 3. The molecule has 1 saturated carbocycles. The third-order valence-corrected chi connectivity index (χ3v) is 3.23. The van der Waals surface area contributed by atoms with E-state index in [0.29, 0.717) is 12.8 Å². The van der Waals surface area contributed by atoms with Gasteiger partial charge in [0.05, 0.1) is 6.61 Å². The Bertz CT molecular complexity index is 336. The van der Waals surface area contributed by atoms with Crippen LogP contribution < -0.4 is 15.2 Å². The first kappa shape index (κ1) is 12.2. The molecule has 0 unspecified atom stereocenters. The second-order valence-electron chi connectivity index (χ2n) is 3.41. The van der Waals surface area contributed by atoms with E-state index in [1.807, 2.05) is 0 Å². The number of carbonyl (C=O) groups is 1.